The molecule has 0 bridgehead atoms. The number of nitrogens with one attached hydrogen (secondary N) is 1. The van der Waals surface area contributed by atoms with Gasteiger partial charge in [0.15, 0.2) is 0 Å². The number of nitrogens with zero attached hydrogens (tertiary/aromatic N) is 3. The van der Waals surface area contributed by atoms with Crippen molar-refractivity contribution in [2.24, 2.45) is 0 Å². The molecule has 1 heterocycles. The van der Waals surface area contributed by atoms with Crippen molar-refractivity contribution in [3.05, 3.63) is 40.7 Å². The van der Waals surface area contributed by atoms with Crippen LogP contribution in [0.2, 0.25) is 0 Å². The molecule has 9 heteroatoms. The van der Waals surface area contributed by atoms with Crippen LogP contribution in [0.3, 0.4) is 0 Å². The number of carboxylic acids is 1. The van der Waals surface area contributed by atoms with Crippen molar-refractivity contribution in [3.8, 4) is 0 Å². The van der Waals surface area contributed by atoms with E-state index in [2.05, 4.69) is 15.5 Å². The van der Waals surface area contributed by atoms with Crippen molar-refractivity contribution in [2.45, 2.75) is 12.8 Å². The average molecular weight is 338 g/mol. The molecule has 0 saturated heterocycles. The monoisotopic (exact) mass is 338 g/mol. The molecule has 0 aliphatic heterocycles. The number of hydrogen-bond acceptors (Lipinski definition) is 5. The number of benzene rings is 1. The maximum absolute atomic E-state index is 13.1. The molecule has 1 aromatic carbocycles. The van der Waals surface area contributed by atoms with Crippen molar-refractivity contribution >= 4 is 28.5 Å². The lowest BCUT2D eigenvalue weighted by Crippen LogP contribution is -2.33. The zero-order valence-corrected chi connectivity index (χ0v) is 13.1. The van der Waals surface area contributed by atoms with Gasteiger partial charge in [-0.05, 0) is 17.7 Å². The first-order chi connectivity index (χ1) is 10.9. The molecule has 2 N–H and O–H groups in total. The molecule has 0 fully saturated rings. The summed E-state index contributed by atoms with van der Waals surface area (Å²) in [5.74, 6) is -1.29. The zero-order valence-electron chi connectivity index (χ0n) is 12.3. The fourth-order valence-corrected chi connectivity index (χ4v) is 2.51. The van der Waals surface area contributed by atoms with Gasteiger partial charge in [0.25, 0.3) is 0 Å². The summed E-state index contributed by atoms with van der Waals surface area (Å²) in [6.07, 6.45) is 0.283. The molecule has 0 aliphatic carbocycles. The molecule has 7 nitrogen and oxygen atoms in total. The van der Waals surface area contributed by atoms with Gasteiger partial charge in [0.05, 0.1) is 6.42 Å². The second-order valence-electron chi connectivity index (χ2n) is 4.80. The summed E-state index contributed by atoms with van der Waals surface area (Å²) in [5.41, 5.74) is 0.762. The first-order valence-corrected chi connectivity index (χ1v) is 7.56. The van der Waals surface area contributed by atoms with Gasteiger partial charge in [-0.25, -0.2) is 9.18 Å². The number of aliphatic carboxylic acids is 1. The average Bonchev–Trinajstić information content (AvgIpc) is 2.91. The Morgan fingerprint density at radius 2 is 2.17 bits per heavy atom. The molecule has 0 saturated carbocycles. The topological polar surface area (TPSA) is 95.4 Å². The zero-order chi connectivity index (χ0) is 16.8. The Kier molecular flexibility index (Phi) is 5.58. The Morgan fingerprint density at radius 1 is 1.39 bits per heavy atom. The lowest BCUT2D eigenvalue weighted by atomic mass is 10.1. The van der Waals surface area contributed by atoms with Crippen molar-refractivity contribution in [1.82, 2.24) is 15.1 Å². The summed E-state index contributed by atoms with van der Waals surface area (Å²) in [5, 5.41) is 19.9. The molecule has 0 aliphatic rings. The lowest BCUT2D eigenvalue weighted by molar-refractivity contribution is -0.137. The van der Waals surface area contributed by atoms with Gasteiger partial charge in [0.1, 0.15) is 10.8 Å². The number of aromatic nitrogens is 2. The van der Waals surface area contributed by atoms with E-state index < -0.39 is 12.0 Å². The van der Waals surface area contributed by atoms with Crippen LogP contribution in [0.5, 0.6) is 0 Å². The molecule has 2 rings (SSSR count). The standard InChI is InChI=1S/C14H15FN4O3S/c1-19(6-5-12(20)21)14(22)16-13-18-17-11(23-13)8-9-3-2-4-10(15)7-9/h2-4,7H,5-6,8H2,1H3,(H,20,21)(H,16,18,22). The number of halogens is 1. The molecule has 0 radical (unpaired) electrons. The lowest BCUT2D eigenvalue weighted by Gasteiger charge is -2.15. The van der Waals surface area contributed by atoms with E-state index in [-0.39, 0.29) is 18.8 Å². The summed E-state index contributed by atoms with van der Waals surface area (Å²) in [4.78, 5) is 23.6. The SMILES string of the molecule is CN(CCC(=O)O)C(=O)Nc1nnc(Cc2cccc(F)c2)s1. The third-order valence-electron chi connectivity index (χ3n) is 2.93. The summed E-state index contributed by atoms with van der Waals surface area (Å²) in [6, 6.07) is 5.72. The Morgan fingerprint density at radius 3 is 2.87 bits per heavy atom. The Labute approximate surface area is 135 Å². The van der Waals surface area contributed by atoms with Crippen molar-refractivity contribution < 1.29 is 19.1 Å². The van der Waals surface area contributed by atoms with Crippen molar-refractivity contribution in [1.29, 1.82) is 0 Å². The molecule has 2 amide bonds. The normalized spacial score (nSPS) is 10.3. The smallest absolute Gasteiger partial charge is 0.323 e. The van der Waals surface area contributed by atoms with E-state index in [1.54, 1.807) is 12.1 Å². The highest BCUT2D eigenvalue weighted by Gasteiger charge is 2.13. The first kappa shape index (κ1) is 16.8. The van der Waals surface area contributed by atoms with Gasteiger partial charge in [0.2, 0.25) is 5.13 Å². The summed E-state index contributed by atoms with van der Waals surface area (Å²) < 4.78 is 13.1. The van der Waals surface area contributed by atoms with E-state index in [0.29, 0.717) is 16.6 Å². The van der Waals surface area contributed by atoms with Gasteiger partial charge < -0.3 is 10.0 Å². The van der Waals surface area contributed by atoms with E-state index in [9.17, 15) is 14.0 Å². The highest BCUT2D eigenvalue weighted by Crippen LogP contribution is 2.19. The molecule has 0 spiro atoms. The largest absolute Gasteiger partial charge is 0.481 e. The van der Waals surface area contributed by atoms with E-state index >= 15 is 0 Å². The molecule has 0 unspecified atom stereocenters. The first-order valence-electron chi connectivity index (χ1n) is 6.75. The fraction of sp³-hybridized carbons (Fsp3) is 0.286. The van der Waals surface area contributed by atoms with Crippen molar-refractivity contribution in [2.75, 3.05) is 18.9 Å². The maximum Gasteiger partial charge on any atom is 0.323 e. The quantitative estimate of drug-likeness (QED) is 0.842. The fourth-order valence-electron chi connectivity index (χ4n) is 1.75. The molecule has 122 valence electrons. The van der Waals surface area contributed by atoms with Crippen LogP contribution >= 0.6 is 11.3 Å². The minimum atomic E-state index is -0.974. The van der Waals surface area contributed by atoms with Gasteiger partial charge in [-0.1, -0.05) is 23.5 Å². The second-order valence-corrected chi connectivity index (χ2v) is 5.87. The summed E-state index contributed by atoms with van der Waals surface area (Å²) >= 11 is 1.18. The number of amides is 2. The number of rotatable bonds is 6. The molecular weight excluding hydrogens is 323 g/mol. The second kappa shape index (κ2) is 7.63. The van der Waals surface area contributed by atoms with E-state index in [4.69, 9.17) is 5.11 Å². The molecule has 2 aromatic rings. The summed E-state index contributed by atoms with van der Waals surface area (Å²) in [7, 11) is 1.49. The predicted octanol–water partition coefficient (Wildman–Crippen LogP) is 2.21. The van der Waals surface area contributed by atoms with Crippen LogP contribution < -0.4 is 5.32 Å². The van der Waals surface area contributed by atoms with Crippen LogP contribution in [0, 0.1) is 5.82 Å². The Balaban J connectivity index is 1.91. The molecule has 0 atom stereocenters. The molecular formula is C14H15FN4O3S. The van der Waals surface area contributed by atoms with Gasteiger partial charge in [0, 0.05) is 20.0 Å². The number of hydrogen-bond donors (Lipinski definition) is 2. The van der Waals surface area contributed by atoms with Crippen LogP contribution in [0.1, 0.15) is 17.0 Å². The minimum absolute atomic E-state index is 0.0934. The van der Waals surface area contributed by atoms with Crippen molar-refractivity contribution in [3.63, 3.8) is 0 Å². The van der Waals surface area contributed by atoms with E-state index in [0.717, 1.165) is 5.56 Å². The highest BCUT2D eigenvalue weighted by molar-refractivity contribution is 7.15. The maximum atomic E-state index is 13.1. The minimum Gasteiger partial charge on any atom is -0.481 e. The molecule has 1 aromatic heterocycles. The van der Waals surface area contributed by atoms with Gasteiger partial charge in [-0.3, -0.25) is 10.1 Å². The number of anilines is 1. The number of urea groups is 1. The van der Waals surface area contributed by atoms with Gasteiger partial charge in [-0.2, -0.15) is 0 Å². The Bertz CT molecular complexity index is 707. The highest BCUT2D eigenvalue weighted by atomic mass is 32.1. The molecule has 23 heavy (non-hydrogen) atoms. The van der Waals surface area contributed by atoms with E-state index in [1.165, 1.54) is 35.4 Å². The number of carboxylic acid groups (broad SMARTS) is 1. The van der Waals surface area contributed by atoms with E-state index in [1.807, 2.05) is 0 Å². The van der Waals surface area contributed by atoms with Crippen LogP contribution in [-0.2, 0) is 11.2 Å². The Hall–Kier alpha value is -2.55. The van der Waals surface area contributed by atoms with Gasteiger partial charge >= 0.3 is 12.0 Å². The summed E-state index contributed by atoms with van der Waals surface area (Å²) in [6.45, 7) is 0.0934. The number of carbonyl (C=O) groups excluding carboxylic acids is 1. The van der Waals surface area contributed by atoms with Crippen LogP contribution in [-0.4, -0.2) is 45.8 Å². The van der Waals surface area contributed by atoms with Crippen LogP contribution in [0.25, 0.3) is 0 Å². The predicted molar refractivity (Wildman–Crippen MR) is 83.0 cm³/mol. The van der Waals surface area contributed by atoms with Gasteiger partial charge in [-0.15, -0.1) is 10.2 Å². The number of carbonyl (C=O) groups is 2. The van der Waals surface area contributed by atoms with Crippen LogP contribution in [0.15, 0.2) is 24.3 Å². The third-order valence-corrected chi connectivity index (χ3v) is 3.77. The third kappa shape index (κ3) is 5.29. The van der Waals surface area contributed by atoms with Crippen LogP contribution in [0.4, 0.5) is 14.3 Å².